The smallest absolute Gasteiger partial charge is 0.300 e. The number of nitrogens with two attached hydrogens (primary N) is 1. The standard InChI is InChI=1S/C21H18N6O2/c1-27-16-9-10-23-20(22)18(16)19(26-27)12-3-5-13(6-4-12)24-21-25-15-11-14(28-2)7-8-17(15)29-21/h3-11H,1-2H3,(H2,22,23)(H,24,25). The van der Waals surface area contributed by atoms with E-state index in [1.807, 2.05) is 60.3 Å². The molecular weight excluding hydrogens is 368 g/mol. The van der Waals surface area contributed by atoms with Crippen LogP contribution < -0.4 is 15.8 Å². The Kier molecular flexibility index (Phi) is 3.83. The molecule has 0 spiro atoms. The van der Waals surface area contributed by atoms with E-state index in [2.05, 4.69) is 20.4 Å². The van der Waals surface area contributed by atoms with Crippen molar-refractivity contribution in [2.24, 2.45) is 7.05 Å². The molecule has 0 bridgehead atoms. The zero-order valence-corrected chi connectivity index (χ0v) is 15.9. The normalized spacial score (nSPS) is 11.2. The van der Waals surface area contributed by atoms with Crippen LogP contribution >= 0.6 is 0 Å². The average molecular weight is 386 g/mol. The first-order chi connectivity index (χ1) is 14.1. The summed E-state index contributed by atoms with van der Waals surface area (Å²) in [5.74, 6) is 1.20. The van der Waals surface area contributed by atoms with Crippen molar-refractivity contribution in [2.45, 2.75) is 0 Å². The van der Waals surface area contributed by atoms with Gasteiger partial charge in [-0.2, -0.15) is 10.1 Å². The molecule has 0 fully saturated rings. The predicted octanol–water partition coefficient (Wildman–Crippen LogP) is 4.11. The van der Waals surface area contributed by atoms with Gasteiger partial charge in [-0.3, -0.25) is 4.68 Å². The number of aromatic nitrogens is 4. The number of pyridine rings is 1. The van der Waals surface area contributed by atoms with Gasteiger partial charge in [0.15, 0.2) is 5.58 Å². The lowest BCUT2D eigenvalue weighted by atomic mass is 10.1. The van der Waals surface area contributed by atoms with Crippen molar-refractivity contribution in [3.8, 4) is 17.0 Å². The molecule has 0 aliphatic heterocycles. The van der Waals surface area contributed by atoms with Crippen LogP contribution in [-0.4, -0.2) is 26.9 Å². The molecule has 0 aliphatic rings. The number of anilines is 3. The topological polar surface area (TPSA) is 104 Å². The van der Waals surface area contributed by atoms with Crippen LogP contribution in [0.25, 0.3) is 33.3 Å². The number of ether oxygens (including phenoxy) is 1. The molecule has 3 N–H and O–H groups in total. The first kappa shape index (κ1) is 17.1. The van der Waals surface area contributed by atoms with Gasteiger partial charge >= 0.3 is 0 Å². The van der Waals surface area contributed by atoms with Gasteiger partial charge in [0.05, 0.1) is 18.0 Å². The monoisotopic (exact) mass is 386 g/mol. The summed E-state index contributed by atoms with van der Waals surface area (Å²) in [6.07, 6.45) is 1.69. The Morgan fingerprint density at radius 2 is 1.93 bits per heavy atom. The summed E-state index contributed by atoms with van der Waals surface area (Å²) >= 11 is 0. The van der Waals surface area contributed by atoms with E-state index in [1.165, 1.54) is 0 Å². The third-order valence-corrected chi connectivity index (χ3v) is 4.80. The molecule has 0 unspecified atom stereocenters. The maximum absolute atomic E-state index is 6.09. The number of methoxy groups -OCH3 is 1. The summed E-state index contributed by atoms with van der Waals surface area (Å²) in [6.45, 7) is 0. The van der Waals surface area contributed by atoms with Gasteiger partial charge in [0, 0.05) is 30.6 Å². The number of nitrogen functional groups attached to an aromatic ring is 1. The van der Waals surface area contributed by atoms with Gasteiger partial charge < -0.3 is 20.2 Å². The molecule has 2 aromatic carbocycles. The fraction of sp³-hybridized carbons (Fsp3) is 0.0952. The highest BCUT2D eigenvalue weighted by molar-refractivity contribution is 6.00. The summed E-state index contributed by atoms with van der Waals surface area (Å²) < 4.78 is 12.8. The minimum atomic E-state index is 0.415. The summed E-state index contributed by atoms with van der Waals surface area (Å²) in [4.78, 5) is 8.65. The largest absolute Gasteiger partial charge is 0.497 e. The van der Waals surface area contributed by atoms with E-state index in [9.17, 15) is 0 Å². The second-order valence-corrected chi connectivity index (χ2v) is 6.62. The molecule has 8 heteroatoms. The molecule has 144 valence electrons. The van der Waals surface area contributed by atoms with Crippen LogP contribution in [0.1, 0.15) is 0 Å². The lowest BCUT2D eigenvalue weighted by Crippen LogP contribution is -1.92. The molecule has 5 rings (SSSR count). The minimum Gasteiger partial charge on any atom is -0.497 e. The van der Waals surface area contributed by atoms with Crippen LogP contribution in [-0.2, 0) is 7.05 Å². The maximum atomic E-state index is 6.09. The first-order valence-electron chi connectivity index (χ1n) is 9.01. The van der Waals surface area contributed by atoms with Gasteiger partial charge in [-0.25, -0.2) is 4.98 Å². The minimum absolute atomic E-state index is 0.415. The molecular formula is C21H18N6O2. The first-order valence-corrected chi connectivity index (χ1v) is 9.01. The van der Waals surface area contributed by atoms with E-state index in [1.54, 1.807) is 13.3 Å². The summed E-state index contributed by atoms with van der Waals surface area (Å²) in [5, 5.41) is 8.65. The zero-order chi connectivity index (χ0) is 20.0. The molecule has 0 saturated carbocycles. The Morgan fingerprint density at radius 3 is 2.72 bits per heavy atom. The van der Waals surface area contributed by atoms with E-state index in [0.29, 0.717) is 17.4 Å². The molecule has 5 aromatic rings. The highest BCUT2D eigenvalue weighted by Gasteiger charge is 2.14. The third-order valence-electron chi connectivity index (χ3n) is 4.80. The Bertz CT molecular complexity index is 1340. The molecule has 0 atom stereocenters. The number of rotatable bonds is 4. The molecule has 0 radical (unpaired) electrons. The molecule has 0 saturated heterocycles. The van der Waals surface area contributed by atoms with Crippen LogP contribution in [0.5, 0.6) is 5.75 Å². The van der Waals surface area contributed by atoms with Gasteiger partial charge in [0.25, 0.3) is 6.01 Å². The number of hydrogen-bond acceptors (Lipinski definition) is 7. The third kappa shape index (κ3) is 2.91. The quantitative estimate of drug-likeness (QED) is 0.479. The molecule has 29 heavy (non-hydrogen) atoms. The van der Waals surface area contributed by atoms with Crippen molar-refractivity contribution in [3.63, 3.8) is 0 Å². The van der Waals surface area contributed by atoms with Crippen molar-refractivity contribution in [1.29, 1.82) is 0 Å². The van der Waals surface area contributed by atoms with Gasteiger partial charge in [-0.1, -0.05) is 12.1 Å². The van der Waals surface area contributed by atoms with E-state index in [0.717, 1.165) is 39.1 Å². The van der Waals surface area contributed by atoms with Crippen LogP contribution in [0.3, 0.4) is 0 Å². The number of nitrogens with zero attached hydrogens (tertiary/aromatic N) is 4. The molecule has 8 nitrogen and oxygen atoms in total. The lowest BCUT2D eigenvalue weighted by Gasteiger charge is -2.04. The second-order valence-electron chi connectivity index (χ2n) is 6.62. The van der Waals surface area contributed by atoms with Crippen LogP contribution in [0, 0.1) is 0 Å². The van der Waals surface area contributed by atoms with Crippen molar-refractivity contribution in [1.82, 2.24) is 19.7 Å². The molecule has 0 aliphatic carbocycles. The summed E-state index contributed by atoms with van der Waals surface area (Å²) in [7, 11) is 3.51. The van der Waals surface area contributed by atoms with Gasteiger partial charge in [0.1, 0.15) is 22.8 Å². The van der Waals surface area contributed by atoms with Crippen LogP contribution in [0.15, 0.2) is 59.1 Å². The number of hydrogen-bond donors (Lipinski definition) is 2. The number of fused-ring (bicyclic) bond motifs is 2. The number of nitrogens with one attached hydrogen (secondary N) is 1. The Hall–Kier alpha value is -4.07. The van der Waals surface area contributed by atoms with Gasteiger partial charge in [-0.15, -0.1) is 0 Å². The van der Waals surface area contributed by atoms with Gasteiger partial charge in [0.2, 0.25) is 0 Å². The molecule has 0 amide bonds. The highest BCUT2D eigenvalue weighted by Crippen LogP contribution is 2.32. The summed E-state index contributed by atoms with van der Waals surface area (Å²) in [5.41, 5.74) is 11.0. The van der Waals surface area contributed by atoms with Crippen LogP contribution in [0.4, 0.5) is 17.5 Å². The van der Waals surface area contributed by atoms with E-state index < -0.39 is 0 Å². The van der Waals surface area contributed by atoms with Crippen LogP contribution in [0.2, 0.25) is 0 Å². The average Bonchev–Trinajstić information content (AvgIpc) is 3.29. The van der Waals surface area contributed by atoms with Crippen molar-refractivity contribution < 1.29 is 9.15 Å². The van der Waals surface area contributed by atoms with Crippen molar-refractivity contribution >= 4 is 39.5 Å². The van der Waals surface area contributed by atoms with E-state index >= 15 is 0 Å². The number of aryl methyl sites for hydroxylation is 1. The lowest BCUT2D eigenvalue weighted by molar-refractivity contribution is 0.415. The molecule has 3 aromatic heterocycles. The number of benzene rings is 2. The predicted molar refractivity (Wildman–Crippen MR) is 112 cm³/mol. The number of oxazole rings is 1. The second kappa shape index (κ2) is 6.52. The van der Waals surface area contributed by atoms with E-state index in [4.69, 9.17) is 14.9 Å². The Balaban J connectivity index is 1.45. The van der Waals surface area contributed by atoms with Crippen molar-refractivity contribution in [3.05, 3.63) is 54.7 Å². The van der Waals surface area contributed by atoms with E-state index in [-0.39, 0.29) is 0 Å². The van der Waals surface area contributed by atoms with Gasteiger partial charge in [-0.05, 0) is 30.3 Å². The zero-order valence-electron chi connectivity index (χ0n) is 15.9. The Labute approximate surface area is 165 Å². The highest BCUT2D eigenvalue weighted by atomic mass is 16.5. The molecule has 3 heterocycles. The SMILES string of the molecule is COc1ccc2oc(Nc3ccc(-c4nn(C)c5ccnc(N)c45)cc3)nc2c1. The fourth-order valence-corrected chi connectivity index (χ4v) is 3.36. The summed E-state index contributed by atoms with van der Waals surface area (Å²) in [6, 6.07) is 15.7. The Morgan fingerprint density at radius 1 is 1.10 bits per heavy atom. The fourth-order valence-electron chi connectivity index (χ4n) is 3.36. The van der Waals surface area contributed by atoms with Crippen molar-refractivity contribution in [2.75, 3.05) is 18.2 Å². The maximum Gasteiger partial charge on any atom is 0.300 e.